The molecule has 0 unspecified atom stereocenters. The van der Waals surface area contributed by atoms with Gasteiger partial charge in [0.05, 0.1) is 29.5 Å². The number of ether oxygens (including phenoxy) is 1. The highest BCUT2D eigenvalue weighted by Crippen LogP contribution is 2.30. The van der Waals surface area contributed by atoms with Crippen LogP contribution in [0.3, 0.4) is 0 Å². The van der Waals surface area contributed by atoms with E-state index in [0.717, 1.165) is 25.8 Å². The van der Waals surface area contributed by atoms with Gasteiger partial charge in [-0.2, -0.15) is 5.10 Å². The smallest absolute Gasteiger partial charge is 0.263 e. The van der Waals surface area contributed by atoms with Crippen molar-refractivity contribution in [3.63, 3.8) is 0 Å². The normalized spacial score (nSPS) is 17.2. The number of benzene rings is 1. The molecule has 132 valence electrons. The number of nitrogens with zero attached hydrogens (tertiary/aromatic N) is 3. The maximum atomic E-state index is 12.8. The Morgan fingerprint density at radius 1 is 1.28 bits per heavy atom. The molecule has 0 fully saturated rings. The van der Waals surface area contributed by atoms with E-state index in [2.05, 4.69) is 9.78 Å². The zero-order valence-electron chi connectivity index (χ0n) is 14.0. The van der Waals surface area contributed by atoms with E-state index >= 15 is 0 Å². The molecule has 1 atom stereocenters. The second kappa shape index (κ2) is 6.54. The highest BCUT2D eigenvalue weighted by Gasteiger charge is 2.31. The molecular formula is C18H19Cl2N3O2. The van der Waals surface area contributed by atoms with Crippen molar-refractivity contribution in [2.45, 2.75) is 45.4 Å². The second-order valence-corrected chi connectivity index (χ2v) is 7.39. The Bertz CT molecular complexity index is 834. The number of carbonyl (C=O) groups is 1. The van der Waals surface area contributed by atoms with Crippen molar-refractivity contribution in [2.24, 2.45) is 0 Å². The first-order chi connectivity index (χ1) is 12.0. The Balaban J connectivity index is 1.47. The van der Waals surface area contributed by atoms with Gasteiger partial charge in [0.25, 0.3) is 5.91 Å². The van der Waals surface area contributed by atoms with Crippen LogP contribution in [0.1, 0.15) is 30.3 Å². The van der Waals surface area contributed by atoms with Crippen LogP contribution in [0.5, 0.6) is 5.75 Å². The van der Waals surface area contributed by atoms with Crippen LogP contribution in [-0.4, -0.2) is 33.2 Å². The third-order valence-corrected chi connectivity index (χ3v) is 5.40. The molecule has 2 aliphatic rings. The standard InChI is InChI=1S/C18H19Cl2N3O2/c1-11(25-17-6-5-12(19)9-14(17)20)18(24)22-7-8-23-16(10-22)13-3-2-4-15(13)21-23/h5-6,9,11H,2-4,7-8,10H2,1H3/t11-/m1/s1. The van der Waals surface area contributed by atoms with E-state index in [0.29, 0.717) is 28.9 Å². The SMILES string of the molecule is C[C@@H](Oc1ccc(Cl)cc1Cl)C(=O)N1CCn2nc3c(c2C1)CCC3. The molecule has 0 spiro atoms. The van der Waals surface area contributed by atoms with Crippen molar-refractivity contribution in [2.75, 3.05) is 6.54 Å². The molecule has 0 N–H and O–H groups in total. The minimum absolute atomic E-state index is 0.0368. The fraction of sp³-hybridized carbons (Fsp3) is 0.444. The van der Waals surface area contributed by atoms with Gasteiger partial charge in [-0.25, -0.2) is 0 Å². The zero-order chi connectivity index (χ0) is 17.6. The number of hydrogen-bond donors (Lipinski definition) is 0. The average molecular weight is 380 g/mol. The number of aryl methyl sites for hydroxylation is 1. The summed E-state index contributed by atoms with van der Waals surface area (Å²) in [5.41, 5.74) is 3.73. The topological polar surface area (TPSA) is 47.4 Å². The Labute approximate surface area is 156 Å². The number of aromatic nitrogens is 2. The molecule has 0 saturated heterocycles. The van der Waals surface area contributed by atoms with Gasteiger partial charge in [0, 0.05) is 11.6 Å². The lowest BCUT2D eigenvalue weighted by Gasteiger charge is -2.30. The van der Waals surface area contributed by atoms with Crippen molar-refractivity contribution in [1.29, 1.82) is 0 Å². The van der Waals surface area contributed by atoms with Crippen molar-refractivity contribution >= 4 is 29.1 Å². The lowest BCUT2D eigenvalue weighted by Crippen LogP contribution is -2.44. The Morgan fingerprint density at radius 3 is 2.92 bits per heavy atom. The maximum Gasteiger partial charge on any atom is 0.263 e. The quantitative estimate of drug-likeness (QED) is 0.819. The molecule has 4 rings (SSSR count). The van der Waals surface area contributed by atoms with Crippen molar-refractivity contribution in [1.82, 2.24) is 14.7 Å². The summed E-state index contributed by atoms with van der Waals surface area (Å²) in [6.07, 6.45) is 2.67. The van der Waals surface area contributed by atoms with Crippen LogP contribution in [0.4, 0.5) is 0 Å². The summed E-state index contributed by atoms with van der Waals surface area (Å²) in [7, 11) is 0. The van der Waals surface area contributed by atoms with Gasteiger partial charge in [0.1, 0.15) is 5.75 Å². The molecule has 1 amide bonds. The molecule has 1 aromatic heterocycles. The Kier molecular flexibility index (Phi) is 4.38. The maximum absolute atomic E-state index is 12.8. The molecule has 25 heavy (non-hydrogen) atoms. The Hall–Kier alpha value is -1.72. The minimum Gasteiger partial charge on any atom is -0.479 e. The van der Waals surface area contributed by atoms with Gasteiger partial charge < -0.3 is 9.64 Å². The molecule has 0 saturated carbocycles. The van der Waals surface area contributed by atoms with Gasteiger partial charge in [-0.3, -0.25) is 9.48 Å². The predicted octanol–water partition coefficient (Wildman–Crippen LogP) is 3.49. The molecule has 0 bridgehead atoms. The van der Waals surface area contributed by atoms with Crippen LogP contribution in [0.25, 0.3) is 0 Å². The van der Waals surface area contributed by atoms with Gasteiger partial charge in [0.2, 0.25) is 0 Å². The monoisotopic (exact) mass is 379 g/mol. The molecule has 5 nitrogen and oxygen atoms in total. The summed E-state index contributed by atoms with van der Waals surface area (Å²) >= 11 is 12.0. The van der Waals surface area contributed by atoms with E-state index in [-0.39, 0.29) is 5.91 Å². The first-order valence-electron chi connectivity index (χ1n) is 8.51. The number of hydrogen-bond acceptors (Lipinski definition) is 3. The predicted molar refractivity (Wildman–Crippen MR) is 96.2 cm³/mol. The summed E-state index contributed by atoms with van der Waals surface area (Å²) in [4.78, 5) is 14.7. The molecule has 1 aliphatic heterocycles. The van der Waals surface area contributed by atoms with Gasteiger partial charge in [-0.05, 0) is 49.9 Å². The summed E-state index contributed by atoms with van der Waals surface area (Å²) in [5.74, 6) is 0.431. The fourth-order valence-electron chi connectivity index (χ4n) is 3.60. The summed E-state index contributed by atoms with van der Waals surface area (Å²) in [6, 6.07) is 4.99. The summed E-state index contributed by atoms with van der Waals surface area (Å²) in [6.45, 7) is 3.74. The van der Waals surface area contributed by atoms with E-state index in [9.17, 15) is 4.79 Å². The number of halogens is 2. The molecule has 0 radical (unpaired) electrons. The molecule has 7 heteroatoms. The lowest BCUT2D eigenvalue weighted by atomic mass is 10.1. The highest BCUT2D eigenvalue weighted by atomic mass is 35.5. The van der Waals surface area contributed by atoms with Crippen LogP contribution in [0, 0.1) is 0 Å². The second-order valence-electron chi connectivity index (χ2n) is 6.54. The van der Waals surface area contributed by atoms with E-state index < -0.39 is 6.10 Å². The van der Waals surface area contributed by atoms with E-state index in [4.69, 9.17) is 27.9 Å². The summed E-state index contributed by atoms with van der Waals surface area (Å²) in [5, 5.41) is 5.62. The third-order valence-electron chi connectivity index (χ3n) is 4.87. The zero-order valence-corrected chi connectivity index (χ0v) is 15.5. The minimum atomic E-state index is -0.610. The molecule has 2 aromatic rings. The van der Waals surface area contributed by atoms with Crippen LogP contribution in [0.15, 0.2) is 18.2 Å². The van der Waals surface area contributed by atoms with Gasteiger partial charge in [-0.15, -0.1) is 0 Å². The number of rotatable bonds is 3. The van der Waals surface area contributed by atoms with Crippen molar-refractivity contribution < 1.29 is 9.53 Å². The summed E-state index contributed by atoms with van der Waals surface area (Å²) < 4.78 is 7.84. The molecular weight excluding hydrogens is 361 g/mol. The fourth-order valence-corrected chi connectivity index (χ4v) is 4.06. The van der Waals surface area contributed by atoms with E-state index in [1.54, 1.807) is 25.1 Å². The first kappa shape index (κ1) is 16.7. The largest absolute Gasteiger partial charge is 0.479 e. The number of carbonyl (C=O) groups excluding carboxylic acids is 1. The van der Waals surface area contributed by atoms with Gasteiger partial charge in [0.15, 0.2) is 6.10 Å². The van der Waals surface area contributed by atoms with Crippen LogP contribution in [-0.2, 0) is 30.7 Å². The highest BCUT2D eigenvalue weighted by molar-refractivity contribution is 6.35. The molecule has 1 aromatic carbocycles. The lowest BCUT2D eigenvalue weighted by molar-refractivity contribution is -0.139. The van der Waals surface area contributed by atoms with Crippen LogP contribution < -0.4 is 4.74 Å². The van der Waals surface area contributed by atoms with E-state index in [1.807, 2.05) is 4.90 Å². The van der Waals surface area contributed by atoms with Crippen molar-refractivity contribution in [3.05, 3.63) is 45.2 Å². The average Bonchev–Trinajstić information content (AvgIpc) is 3.17. The number of fused-ring (bicyclic) bond motifs is 3. The van der Waals surface area contributed by atoms with Crippen LogP contribution in [0.2, 0.25) is 10.0 Å². The van der Waals surface area contributed by atoms with Crippen molar-refractivity contribution in [3.8, 4) is 5.75 Å². The van der Waals surface area contributed by atoms with Gasteiger partial charge in [-0.1, -0.05) is 23.2 Å². The van der Waals surface area contributed by atoms with Crippen LogP contribution >= 0.6 is 23.2 Å². The third kappa shape index (κ3) is 3.11. The number of amides is 1. The van der Waals surface area contributed by atoms with E-state index in [1.165, 1.54) is 17.0 Å². The molecule has 2 heterocycles. The Morgan fingerprint density at radius 2 is 2.12 bits per heavy atom. The molecule has 1 aliphatic carbocycles. The first-order valence-corrected chi connectivity index (χ1v) is 9.26. The van der Waals surface area contributed by atoms with Gasteiger partial charge >= 0.3 is 0 Å².